The Morgan fingerprint density at radius 2 is 2.20 bits per heavy atom. The number of hydrogen-bond donors (Lipinski definition) is 3. The highest BCUT2D eigenvalue weighted by Gasteiger charge is 2.40. The number of hydrogen-bond acceptors (Lipinski definition) is 4. The molecular weight excluding hydrogens is 274 g/mol. The van der Waals surface area contributed by atoms with Crippen LogP contribution in [0.4, 0.5) is 0 Å². The molecular formula is C14H21N3O2S. The van der Waals surface area contributed by atoms with Gasteiger partial charge in [0.25, 0.3) is 5.91 Å². The molecule has 2 rings (SSSR count). The number of nitrogens with two attached hydrogens (primary N) is 1. The predicted molar refractivity (Wildman–Crippen MR) is 80.3 cm³/mol. The summed E-state index contributed by atoms with van der Waals surface area (Å²) in [5, 5.41) is 17.1. The molecule has 5 nitrogen and oxygen atoms in total. The van der Waals surface area contributed by atoms with Crippen LogP contribution in [0.2, 0.25) is 0 Å². The Hall–Kier alpha value is -1.56. The molecule has 0 saturated heterocycles. The molecule has 4 N–H and O–H groups in total. The third kappa shape index (κ3) is 2.80. The third-order valence-corrected chi connectivity index (χ3v) is 5.16. The molecule has 1 heterocycles. The number of carbonyl (C=O) groups is 1. The Morgan fingerprint density at radius 3 is 2.70 bits per heavy atom. The van der Waals surface area contributed by atoms with Crippen LogP contribution in [0.15, 0.2) is 16.6 Å². The van der Waals surface area contributed by atoms with Crippen LogP contribution in [0.1, 0.15) is 47.8 Å². The summed E-state index contributed by atoms with van der Waals surface area (Å²) in [5.41, 5.74) is 6.09. The lowest BCUT2D eigenvalue weighted by molar-refractivity contribution is 0.0901. The van der Waals surface area contributed by atoms with Gasteiger partial charge in [-0.25, -0.2) is 0 Å². The van der Waals surface area contributed by atoms with E-state index in [0.717, 1.165) is 18.4 Å². The lowest BCUT2D eigenvalue weighted by atomic mass is 9.76. The Morgan fingerprint density at radius 1 is 1.55 bits per heavy atom. The number of nitrogens with zero attached hydrogens (tertiary/aromatic N) is 1. The largest absolute Gasteiger partial charge is 0.409 e. The molecule has 0 radical (unpaired) electrons. The quantitative estimate of drug-likeness (QED) is 0.346. The maximum absolute atomic E-state index is 12.4. The van der Waals surface area contributed by atoms with Crippen molar-refractivity contribution in [2.75, 3.05) is 0 Å². The average molecular weight is 295 g/mol. The summed E-state index contributed by atoms with van der Waals surface area (Å²) < 4.78 is 0. The standard InChI is InChI=1S/C14H21N3O2S/c1-9-3-6-14(7-4-9,13(15)17-19)16-12(18)11-10(2)5-8-20-11/h5,8-9,19H,3-4,6-7H2,1-2H3,(H2,15,17)(H,16,18). The number of amides is 1. The highest BCUT2D eigenvalue weighted by Crippen LogP contribution is 2.32. The van der Waals surface area contributed by atoms with Crippen molar-refractivity contribution in [3.05, 3.63) is 21.9 Å². The van der Waals surface area contributed by atoms with Gasteiger partial charge in [0.1, 0.15) is 5.54 Å². The van der Waals surface area contributed by atoms with Crippen LogP contribution in [0.5, 0.6) is 0 Å². The summed E-state index contributed by atoms with van der Waals surface area (Å²) in [7, 11) is 0. The second-order valence-electron chi connectivity index (χ2n) is 5.64. The van der Waals surface area contributed by atoms with Crippen LogP contribution >= 0.6 is 11.3 Å². The van der Waals surface area contributed by atoms with Gasteiger partial charge in [0, 0.05) is 0 Å². The first-order chi connectivity index (χ1) is 9.48. The molecule has 0 unspecified atom stereocenters. The fourth-order valence-corrected chi connectivity index (χ4v) is 3.50. The molecule has 1 aliphatic carbocycles. The van der Waals surface area contributed by atoms with Gasteiger partial charge in [0.05, 0.1) is 4.88 Å². The summed E-state index contributed by atoms with van der Waals surface area (Å²) in [6, 6.07) is 1.92. The van der Waals surface area contributed by atoms with E-state index in [2.05, 4.69) is 17.4 Å². The number of nitrogens with one attached hydrogen (secondary N) is 1. The van der Waals surface area contributed by atoms with Crippen LogP contribution in [0, 0.1) is 12.8 Å². The van der Waals surface area contributed by atoms with Crippen molar-refractivity contribution in [1.29, 1.82) is 0 Å². The first-order valence-corrected chi connectivity index (χ1v) is 7.71. The summed E-state index contributed by atoms with van der Waals surface area (Å²) in [6.07, 6.45) is 3.33. The van der Waals surface area contributed by atoms with E-state index in [1.165, 1.54) is 11.3 Å². The lowest BCUT2D eigenvalue weighted by Crippen LogP contribution is -2.59. The molecule has 1 aromatic rings. The smallest absolute Gasteiger partial charge is 0.262 e. The molecule has 110 valence electrons. The minimum Gasteiger partial charge on any atom is -0.409 e. The molecule has 1 aromatic heterocycles. The molecule has 1 saturated carbocycles. The van der Waals surface area contributed by atoms with Crippen molar-refractivity contribution in [2.24, 2.45) is 16.8 Å². The summed E-state index contributed by atoms with van der Waals surface area (Å²) >= 11 is 1.41. The lowest BCUT2D eigenvalue weighted by Gasteiger charge is -2.38. The number of rotatable bonds is 3. The third-order valence-electron chi connectivity index (χ3n) is 4.15. The van der Waals surface area contributed by atoms with Crippen molar-refractivity contribution in [3.8, 4) is 0 Å². The second-order valence-corrected chi connectivity index (χ2v) is 6.55. The van der Waals surface area contributed by atoms with Gasteiger partial charge >= 0.3 is 0 Å². The predicted octanol–water partition coefficient (Wildman–Crippen LogP) is 2.48. The van der Waals surface area contributed by atoms with E-state index in [-0.39, 0.29) is 11.7 Å². The van der Waals surface area contributed by atoms with Crippen LogP contribution in [0.25, 0.3) is 0 Å². The highest BCUT2D eigenvalue weighted by molar-refractivity contribution is 7.12. The molecule has 0 aliphatic heterocycles. The normalized spacial score (nSPS) is 27.3. The topological polar surface area (TPSA) is 87.7 Å². The minimum absolute atomic E-state index is 0.104. The van der Waals surface area contributed by atoms with Gasteiger partial charge in [0.2, 0.25) is 0 Å². The Bertz CT molecular complexity index is 516. The molecule has 0 atom stereocenters. The number of oxime groups is 1. The monoisotopic (exact) mass is 295 g/mol. The van der Waals surface area contributed by atoms with E-state index in [1.54, 1.807) is 0 Å². The zero-order chi connectivity index (χ0) is 14.8. The fraction of sp³-hybridized carbons (Fsp3) is 0.571. The zero-order valence-corrected chi connectivity index (χ0v) is 12.7. The van der Waals surface area contributed by atoms with Crippen LogP contribution < -0.4 is 11.1 Å². The zero-order valence-electron chi connectivity index (χ0n) is 11.8. The van der Waals surface area contributed by atoms with Crippen molar-refractivity contribution in [2.45, 2.75) is 45.1 Å². The SMILES string of the molecule is Cc1ccsc1C(=O)NC1(/C(N)=N/O)CCC(C)CC1. The molecule has 0 bridgehead atoms. The second kappa shape index (κ2) is 5.83. The number of thiophene rings is 1. The van der Waals surface area contributed by atoms with Crippen molar-refractivity contribution in [1.82, 2.24) is 5.32 Å². The summed E-state index contributed by atoms with van der Waals surface area (Å²) in [5.74, 6) is 0.570. The Labute approximate surface area is 122 Å². The molecule has 1 amide bonds. The van der Waals surface area contributed by atoms with E-state index in [4.69, 9.17) is 10.9 Å². The molecule has 0 aromatic carbocycles. The van der Waals surface area contributed by atoms with Crippen LogP contribution in [-0.2, 0) is 0 Å². The summed E-state index contributed by atoms with van der Waals surface area (Å²) in [4.78, 5) is 13.1. The molecule has 20 heavy (non-hydrogen) atoms. The first kappa shape index (κ1) is 14.8. The maximum atomic E-state index is 12.4. The number of amidine groups is 1. The van der Waals surface area contributed by atoms with Crippen molar-refractivity contribution >= 4 is 23.1 Å². The van der Waals surface area contributed by atoms with Crippen molar-refractivity contribution < 1.29 is 10.0 Å². The van der Waals surface area contributed by atoms with Crippen molar-refractivity contribution in [3.63, 3.8) is 0 Å². The Kier molecular flexibility index (Phi) is 4.32. The van der Waals surface area contributed by atoms with E-state index in [0.29, 0.717) is 23.6 Å². The highest BCUT2D eigenvalue weighted by atomic mass is 32.1. The van der Waals surface area contributed by atoms with Gasteiger partial charge in [0.15, 0.2) is 5.84 Å². The summed E-state index contributed by atoms with van der Waals surface area (Å²) in [6.45, 7) is 4.09. The van der Waals surface area contributed by atoms with Crippen LogP contribution in [-0.4, -0.2) is 22.5 Å². The van der Waals surface area contributed by atoms with Gasteiger partial charge in [-0.05, 0) is 55.5 Å². The van der Waals surface area contributed by atoms with Gasteiger partial charge in [-0.1, -0.05) is 12.1 Å². The van der Waals surface area contributed by atoms with Crippen LogP contribution in [0.3, 0.4) is 0 Å². The first-order valence-electron chi connectivity index (χ1n) is 6.83. The molecule has 6 heteroatoms. The van der Waals surface area contributed by atoms with Gasteiger partial charge in [-0.3, -0.25) is 4.79 Å². The average Bonchev–Trinajstić information content (AvgIpc) is 2.87. The van der Waals surface area contributed by atoms with Gasteiger partial charge < -0.3 is 16.3 Å². The molecule has 1 aliphatic rings. The van der Waals surface area contributed by atoms with E-state index < -0.39 is 5.54 Å². The maximum Gasteiger partial charge on any atom is 0.262 e. The van der Waals surface area contributed by atoms with E-state index in [9.17, 15) is 4.79 Å². The molecule has 1 fully saturated rings. The van der Waals surface area contributed by atoms with Gasteiger partial charge in [-0.2, -0.15) is 0 Å². The van der Waals surface area contributed by atoms with Gasteiger partial charge in [-0.15, -0.1) is 11.3 Å². The fourth-order valence-electron chi connectivity index (χ4n) is 2.68. The number of aryl methyl sites for hydroxylation is 1. The Balaban J connectivity index is 2.21. The van der Waals surface area contributed by atoms with E-state index >= 15 is 0 Å². The molecule has 0 spiro atoms. The minimum atomic E-state index is -0.714. The number of carbonyl (C=O) groups excluding carboxylic acids is 1. The van der Waals surface area contributed by atoms with E-state index in [1.807, 2.05) is 18.4 Å².